The molecule has 0 saturated heterocycles. The first-order valence-corrected chi connectivity index (χ1v) is 16.6. The normalized spacial score (nSPS) is 11.4. The molecule has 0 aromatic heterocycles. The lowest BCUT2D eigenvalue weighted by atomic mass is 10.0. The average Bonchev–Trinajstić information content (AvgIpc) is 2.99. The third-order valence-corrected chi connectivity index (χ3v) is 7.98. The van der Waals surface area contributed by atoms with Crippen LogP contribution in [0.2, 0.25) is 0 Å². The molecule has 228 valence electrons. The monoisotopic (exact) mass is 564 g/mol. The number of hydrogen-bond acceptors (Lipinski definition) is 5. The van der Waals surface area contributed by atoms with Gasteiger partial charge >= 0.3 is 0 Å². The minimum Gasteiger partial charge on any atom is -0.375 e. The Kier molecular flexibility index (Phi) is 19.2. The Morgan fingerprint density at radius 2 is 0.902 bits per heavy atom. The first-order valence-electron chi connectivity index (χ1n) is 16.6. The maximum absolute atomic E-state index is 10.8. The van der Waals surface area contributed by atoms with Crippen LogP contribution in [0.3, 0.4) is 0 Å². The van der Waals surface area contributed by atoms with Crippen molar-refractivity contribution >= 4 is 22.7 Å². The van der Waals surface area contributed by atoms with E-state index in [0.29, 0.717) is 5.69 Å². The zero-order valence-electron chi connectivity index (χ0n) is 26.1. The van der Waals surface area contributed by atoms with Crippen molar-refractivity contribution in [1.29, 1.82) is 0 Å². The summed E-state index contributed by atoms with van der Waals surface area (Å²) < 4.78 is 0. The molecule has 0 aliphatic rings. The lowest BCUT2D eigenvalue weighted by Crippen LogP contribution is -2.18. The lowest BCUT2D eigenvalue weighted by Gasteiger charge is -2.19. The van der Waals surface area contributed by atoms with Gasteiger partial charge in [0.15, 0.2) is 0 Å². The van der Waals surface area contributed by atoms with Crippen molar-refractivity contribution in [2.24, 2.45) is 10.2 Å². The standard InChI is InChI=1S/C35H56N4O2/c1-3-4-5-6-7-8-9-10-11-12-13-14-15-16-17-18-19-20-21-22-31-38(2)34-27-23-32(24-28-34)36-37-33-25-29-35(30-26-33)39(40)41/h23-30H,3-22,31H2,1-2H3. The quantitative estimate of drug-likeness (QED) is 0.0521. The van der Waals surface area contributed by atoms with E-state index in [9.17, 15) is 10.1 Å². The van der Waals surface area contributed by atoms with Crippen molar-refractivity contribution < 1.29 is 4.92 Å². The smallest absolute Gasteiger partial charge is 0.269 e. The van der Waals surface area contributed by atoms with Crippen molar-refractivity contribution in [2.75, 3.05) is 18.5 Å². The Bertz CT molecular complexity index is 944. The second-order valence-electron chi connectivity index (χ2n) is 11.6. The minimum atomic E-state index is -0.419. The Morgan fingerprint density at radius 3 is 1.27 bits per heavy atom. The van der Waals surface area contributed by atoms with E-state index in [2.05, 4.69) is 41.2 Å². The lowest BCUT2D eigenvalue weighted by molar-refractivity contribution is -0.384. The third-order valence-electron chi connectivity index (χ3n) is 7.98. The summed E-state index contributed by atoms with van der Waals surface area (Å²) in [4.78, 5) is 12.6. The summed E-state index contributed by atoms with van der Waals surface area (Å²) in [6, 6.07) is 14.1. The van der Waals surface area contributed by atoms with E-state index in [-0.39, 0.29) is 5.69 Å². The van der Waals surface area contributed by atoms with Gasteiger partial charge in [0, 0.05) is 31.4 Å². The second kappa shape index (κ2) is 22.9. The highest BCUT2D eigenvalue weighted by Crippen LogP contribution is 2.24. The van der Waals surface area contributed by atoms with Crippen LogP contribution >= 0.6 is 0 Å². The molecule has 0 fully saturated rings. The second-order valence-corrected chi connectivity index (χ2v) is 11.6. The Labute approximate surface area is 250 Å². The highest BCUT2D eigenvalue weighted by Gasteiger charge is 2.04. The first kappa shape index (κ1) is 34.4. The molecule has 2 aromatic carbocycles. The van der Waals surface area contributed by atoms with Crippen LogP contribution in [-0.2, 0) is 0 Å². The van der Waals surface area contributed by atoms with E-state index >= 15 is 0 Å². The number of anilines is 1. The average molecular weight is 565 g/mol. The molecule has 0 amide bonds. The van der Waals surface area contributed by atoms with Gasteiger partial charge in [-0.25, -0.2) is 0 Å². The summed E-state index contributed by atoms with van der Waals surface area (Å²) in [5.74, 6) is 0. The molecule has 0 unspecified atom stereocenters. The van der Waals surface area contributed by atoms with Gasteiger partial charge in [0.2, 0.25) is 0 Å². The van der Waals surface area contributed by atoms with Crippen LogP contribution in [0.1, 0.15) is 135 Å². The number of azo groups is 1. The van der Waals surface area contributed by atoms with Gasteiger partial charge in [-0.3, -0.25) is 10.1 Å². The van der Waals surface area contributed by atoms with E-state index in [1.165, 1.54) is 146 Å². The number of non-ortho nitro benzene ring substituents is 1. The molecule has 0 bridgehead atoms. The number of nitro benzene ring substituents is 1. The molecule has 0 heterocycles. The van der Waals surface area contributed by atoms with Crippen LogP contribution in [-0.4, -0.2) is 18.5 Å². The summed E-state index contributed by atoms with van der Waals surface area (Å²) >= 11 is 0. The highest BCUT2D eigenvalue weighted by molar-refractivity contribution is 5.52. The van der Waals surface area contributed by atoms with Crippen molar-refractivity contribution in [3.8, 4) is 0 Å². The zero-order chi connectivity index (χ0) is 29.4. The summed E-state index contributed by atoms with van der Waals surface area (Å²) in [6.07, 6.45) is 28.2. The van der Waals surface area contributed by atoms with Crippen LogP contribution < -0.4 is 4.90 Å². The van der Waals surface area contributed by atoms with Gasteiger partial charge in [-0.1, -0.05) is 129 Å². The third kappa shape index (κ3) is 16.9. The van der Waals surface area contributed by atoms with Gasteiger partial charge in [0.1, 0.15) is 0 Å². The van der Waals surface area contributed by atoms with Gasteiger partial charge in [0.05, 0.1) is 16.3 Å². The maximum Gasteiger partial charge on any atom is 0.269 e. The number of rotatable bonds is 25. The zero-order valence-corrected chi connectivity index (χ0v) is 26.1. The number of benzene rings is 2. The van der Waals surface area contributed by atoms with Crippen LogP contribution in [0.25, 0.3) is 0 Å². The Balaban J connectivity index is 1.40. The number of nitro groups is 1. The van der Waals surface area contributed by atoms with Crippen molar-refractivity contribution in [3.05, 3.63) is 58.6 Å². The molecule has 6 heteroatoms. The largest absolute Gasteiger partial charge is 0.375 e. The first-order chi connectivity index (χ1) is 20.1. The highest BCUT2D eigenvalue weighted by atomic mass is 16.6. The van der Waals surface area contributed by atoms with Crippen molar-refractivity contribution in [1.82, 2.24) is 0 Å². The van der Waals surface area contributed by atoms with Gasteiger partial charge in [-0.2, -0.15) is 10.2 Å². The van der Waals surface area contributed by atoms with Crippen LogP contribution in [0.5, 0.6) is 0 Å². The summed E-state index contributed by atoms with van der Waals surface area (Å²) in [7, 11) is 2.14. The van der Waals surface area contributed by atoms with Crippen LogP contribution in [0.15, 0.2) is 58.8 Å². The van der Waals surface area contributed by atoms with Crippen LogP contribution in [0.4, 0.5) is 22.7 Å². The van der Waals surface area contributed by atoms with Gasteiger partial charge < -0.3 is 4.90 Å². The fraction of sp³-hybridized carbons (Fsp3) is 0.657. The fourth-order valence-corrected chi connectivity index (χ4v) is 5.26. The topological polar surface area (TPSA) is 71.1 Å². The van der Waals surface area contributed by atoms with Crippen molar-refractivity contribution in [3.63, 3.8) is 0 Å². The molecule has 0 aliphatic carbocycles. The number of unbranched alkanes of at least 4 members (excludes halogenated alkanes) is 19. The molecule has 0 spiro atoms. The predicted molar refractivity (Wildman–Crippen MR) is 175 cm³/mol. The number of hydrogen-bond donors (Lipinski definition) is 0. The molecule has 6 nitrogen and oxygen atoms in total. The summed E-state index contributed by atoms with van der Waals surface area (Å²) in [5, 5.41) is 19.2. The molecule has 41 heavy (non-hydrogen) atoms. The van der Waals surface area contributed by atoms with E-state index in [0.717, 1.165) is 12.2 Å². The Morgan fingerprint density at radius 1 is 0.561 bits per heavy atom. The summed E-state index contributed by atoms with van der Waals surface area (Å²) in [6.45, 7) is 3.35. The predicted octanol–water partition coefficient (Wildman–Crippen LogP) is 12.3. The summed E-state index contributed by atoms with van der Waals surface area (Å²) in [5.41, 5.74) is 2.59. The molecule has 0 radical (unpaired) electrons. The number of nitrogens with zero attached hydrogens (tertiary/aromatic N) is 4. The molecule has 0 atom stereocenters. The SMILES string of the molecule is CCCCCCCCCCCCCCCCCCCCCCN(C)c1ccc(N=Nc2ccc([N+](=O)[O-])cc2)cc1. The molecule has 0 N–H and O–H groups in total. The van der Waals surface area contributed by atoms with E-state index in [1.54, 1.807) is 12.1 Å². The van der Waals surface area contributed by atoms with Crippen LogP contribution in [0, 0.1) is 10.1 Å². The van der Waals surface area contributed by atoms with E-state index < -0.39 is 4.92 Å². The molecule has 0 aliphatic heterocycles. The molecule has 0 saturated carbocycles. The minimum absolute atomic E-state index is 0.0524. The maximum atomic E-state index is 10.8. The van der Waals surface area contributed by atoms with E-state index in [4.69, 9.17) is 0 Å². The fourth-order valence-electron chi connectivity index (χ4n) is 5.26. The molecule has 2 rings (SSSR count). The van der Waals surface area contributed by atoms with E-state index in [1.807, 2.05) is 12.1 Å². The molecular formula is C35H56N4O2. The molecular weight excluding hydrogens is 508 g/mol. The van der Waals surface area contributed by atoms with Gasteiger partial charge in [0.25, 0.3) is 5.69 Å². The van der Waals surface area contributed by atoms with Crippen molar-refractivity contribution in [2.45, 2.75) is 135 Å². The van der Waals surface area contributed by atoms with Gasteiger partial charge in [-0.15, -0.1) is 0 Å². The Hall–Kier alpha value is -2.76. The molecule has 2 aromatic rings. The van der Waals surface area contributed by atoms with Gasteiger partial charge in [-0.05, 0) is 42.8 Å².